The van der Waals surface area contributed by atoms with Gasteiger partial charge >= 0.3 is 5.97 Å². The van der Waals surface area contributed by atoms with E-state index in [4.69, 9.17) is 9.97 Å². The molecule has 1 N–H and O–H groups in total. The Hall–Kier alpha value is -4.52. The lowest BCUT2D eigenvalue weighted by Gasteiger charge is -2.32. The third-order valence-corrected chi connectivity index (χ3v) is 9.22. The van der Waals surface area contributed by atoms with Gasteiger partial charge in [0.2, 0.25) is 5.95 Å². The lowest BCUT2D eigenvalue weighted by Crippen LogP contribution is -2.37. The van der Waals surface area contributed by atoms with Gasteiger partial charge in [0, 0.05) is 32.4 Å². The topological polar surface area (TPSA) is 86.6 Å². The average Bonchev–Trinajstić information content (AvgIpc) is 3.08. The second-order valence-electron chi connectivity index (χ2n) is 13.8. The van der Waals surface area contributed by atoms with Gasteiger partial charge in [0.1, 0.15) is 0 Å². The minimum Gasteiger partial charge on any atom is -0.481 e. The molecule has 1 aromatic heterocycles. The number of hydrogen-bond acceptors (Lipinski definition) is 5. The quantitative estimate of drug-likeness (QED) is 0.168. The van der Waals surface area contributed by atoms with Gasteiger partial charge in [0.15, 0.2) is 0 Å². The van der Waals surface area contributed by atoms with E-state index < -0.39 is 5.97 Å². The summed E-state index contributed by atoms with van der Waals surface area (Å²) >= 11 is 0. The van der Waals surface area contributed by atoms with E-state index in [9.17, 15) is 14.7 Å². The summed E-state index contributed by atoms with van der Waals surface area (Å²) in [5.41, 5.74) is 6.19. The number of piperidine rings is 1. The molecule has 0 unspecified atom stereocenters. The van der Waals surface area contributed by atoms with Crippen molar-refractivity contribution < 1.29 is 14.7 Å². The van der Waals surface area contributed by atoms with Gasteiger partial charge in [-0.05, 0) is 72.1 Å². The number of amides is 1. The van der Waals surface area contributed by atoms with E-state index in [1.165, 1.54) is 16.7 Å². The lowest BCUT2D eigenvalue weighted by atomic mass is 9.86. The molecule has 4 aromatic rings. The average molecular weight is 633 g/mol. The molecule has 2 heterocycles. The van der Waals surface area contributed by atoms with E-state index in [-0.39, 0.29) is 24.3 Å². The first kappa shape index (κ1) is 33.8. The number of carboxylic acid groups (broad SMARTS) is 1. The van der Waals surface area contributed by atoms with Crippen molar-refractivity contribution in [2.75, 3.05) is 31.1 Å². The van der Waals surface area contributed by atoms with E-state index in [1.807, 2.05) is 30.3 Å². The number of nitrogens with zero attached hydrogens (tertiary/aromatic N) is 4. The molecular formula is C40H48N4O3. The zero-order valence-electron chi connectivity index (χ0n) is 28.1. The zero-order chi connectivity index (χ0) is 33.2. The van der Waals surface area contributed by atoms with Crippen molar-refractivity contribution in [1.29, 1.82) is 0 Å². The molecule has 0 atom stereocenters. The molecule has 1 aliphatic heterocycles. The van der Waals surface area contributed by atoms with Gasteiger partial charge in [0.05, 0.1) is 17.7 Å². The van der Waals surface area contributed by atoms with Crippen LogP contribution < -0.4 is 4.90 Å². The van der Waals surface area contributed by atoms with Crippen LogP contribution in [-0.2, 0) is 35.9 Å². The van der Waals surface area contributed by atoms with Crippen molar-refractivity contribution >= 4 is 17.8 Å². The molecule has 0 aliphatic carbocycles. The fourth-order valence-corrected chi connectivity index (χ4v) is 6.27. The van der Waals surface area contributed by atoms with Crippen LogP contribution in [0.15, 0.2) is 91.1 Å². The summed E-state index contributed by atoms with van der Waals surface area (Å²) < 4.78 is 0. The normalized spacial score (nSPS) is 13.8. The first-order chi connectivity index (χ1) is 22.7. The highest BCUT2D eigenvalue weighted by Gasteiger charge is 2.25. The molecule has 47 heavy (non-hydrogen) atoms. The van der Waals surface area contributed by atoms with Crippen molar-refractivity contribution in [2.45, 2.75) is 71.1 Å². The largest absolute Gasteiger partial charge is 0.481 e. The van der Waals surface area contributed by atoms with E-state index in [2.05, 4.69) is 80.3 Å². The van der Waals surface area contributed by atoms with Gasteiger partial charge in [-0.15, -0.1) is 0 Å². The van der Waals surface area contributed by atoms with Gasteiger partial charge < -0.3 is 14.9 Å². The maximum absolute atomic E-state index is 14.1. The third-order valence-electron chi connectivity index (χ3n) is 9.22. The third kappa shape index (κ3) is 9.74. The van der Waals surface area contributed by atoms with Crippen LogP contribution in [-0.4, -0.2) is 58.0 Å². The van der Waals surface area contributed by atoms with Crippen LogP contribution in [0.1, 0.15) is 78.3 Å². The van der Waals surface area contributed by atoms with Gasteiger partial charge in [0.25, 0.3) is 5.91 Å². The van der Waals surface area contributed by atoms with E-state index in [0.29, 0.717) is 42.5 Å². The highest BCUT2D eigenvalue weighted by atomic mass is 16.4. The second-order valence-corrected chi connectivity index (χ2v) is 13.8. The van der Waals surface area contributed by atoms with Crippen LogP contribution in [0.25, 0.3) is 0 Å². The number of carbonyl (C=O) groups is 2. The number of carbonyl (C=O) groups excluding carboxylic acids is 1. The van der Waals surface area contributed by atoms with Gasteiger partial charge in [-0.3, -0.25) is 9.59 Å². The number of benzene rings is 3. The standard InChI is InChI=1S/C40H48N4O3/c1-40(2,3)34-17-14-31(15-18-34)16-19-36-35(38(47)43(27-23-37(45)46)24-20-30-10-6-4-7-11-30)29-41-39(42-36)44-25-21-33(22-26-44)28-32-12-8-5-9-13-32/h4-15,17-18,29,33H,16,19-28H2,1-3H3,(H,45,46). The molecule has 0 saturated carbocycles. The predicted octanol–water partition coefficient (Wildman–Crippen LogP) is 7.18. The molecule has 5 rings (SSSR count). The Bertz CT molecular complexity index is 1590. The number of rotatable bonds is 13. The van der Waals surface area contributed by atoms with Crippen LogP contribution in [0.3, 0.4) is 0 Å². The molecule has 1 fully saturated rings. The van der Waals surface area contributed by atoms with Crippen LogP contribution in [0.2, 0.25) is 0 Å². The predicted molar refractivity (Wildman–Crippen MR) is 188 cm³/mol. The summed E-state index contributed by atoms with van der Waals surface area (Å²) in [4.78, 5) is 39.3. The Morgan fingerprint density at radius 2 is 1.43 bits per heavy atom. The first-order valence-electron chi connectivity index (χ1n) is 16.9. The molecule has 7 heteroatoms. The number of carboxylic acids is 1. The molecule has 0 bridgehead atoms. The van der Waals surface area contributed by atoms with Gasteiger partial charge in [-0.2, -0.15) is 0 Å². The van der Waals surface area contributed by atoms with Crippen molar-refractivity contribution in [3.63, 3.8) is 0 Å². The molecule has 0 radical (unpaired) electrons. The number of anilines is 1. The maximum atomic E-state index is 14.1. The highest BCUT2D eigenvalue weighted by molar-refractivity contribution is 5.95. The second kappa shape index (κ2) is 15.9. The summed E-state index contributed by atoms with van der Waals surface area (Å²) in [6.07, 6.45) is 6.73. The molecule has 1 saturated heterocycles. The van der Waals surface area contributed by atoms with Crippen LogP contribution in [0.4, 0.5) is 5.95 Å². The van der Waals surface area contributed by atoms with Crippen molar-refractivity contribution in [3.05, 3.63) is 125 Å². The van der Waals surface area contributed by atoms with Crippen molar-refractivity contribution in [2.24, 2.45) is 5.92 Å². The van der Waals surface area contributed by atoms with E-state index >= 15 is 0 Å². The molecule has 246 valence electrons. The van der Waals surface area contributed by atoms with Crippen molar-refractivity contribution in [1.82, 2.24) is 14.9 Å². The zero-order valence-corrected chi connectivity index (χ0v) is 28.1. The van der Waals surface area contributed by atoms with E-state index in [1.54, 1.807) is 11.1 Å². The molecule has 3 aromatic carbocycles. The SMILES string of the molecule is CC(C)(C)c1ccc(CCc2nc(N3CCC(Cc4ccccc4)CC3)ncc2C(=O)N(CCC(=O)O)CCc2ccccc2)cc1. The van der Waals surface area contributed by atoms with Crippen LogP contribution in [0.5, 0.6) is 0 Å². The Balaban J connectivity index is 1.36. The van der Waals surface area contributed by atoms with Crippen molar-refractivity contribution in [3.8, 4) is 0 Å². The number of aryl methyl sites for hydroxylation is 2. The molecule has 0 spiro atoms. The monoisotopic (exact) mass is 632 g/mol. The number of hydrogen-bond donors (Lipinski definition) is 1. The summed E-state index contributed by atoms with van der Waals surface area (Å²) in [6.45, 7) is 8.93. The first-order valence-corrected chi connectivity index (χ1v) is 16.9. The summed E-state index contributed by atoms with van der Waals surface area (Å²) in [5, 5.41) is 9.45. The number of aromatic nitrogens is 2. The minimum atomic E-state index is -0.927. The Morgan fingerprint density at radius 3 is 2.04 bits per heavy atom. The molecular weight excluding hydrogens is 584 g/mol. The van der Waals surface area contributed by atoms with Gasteiger partial charge in [-0.25, -0.2) is 9.97 Å². The fraction of sp³-hybridized carbons (Fsp3) is 0.400. The molecule has 1 amide bonds. The fourth-order valence-electron chi connectivity index (χ4n) is 6.27. The highest BCUT2D eigenvalue weighted by Crippen LogP contribution is 2.26. The van der Waals surface area contributed by atoms with Gasteiger partial charge in [-0.1, -0.05) is 106 Å². The lowest BCUT2D eigenvalue weighted by molar-refractivity contribution is -0.137. The Labute approximate surface area is 279 Å². The summed E-state index contributed by atoms with van der Waals surface area (Å²) in [5.74, 6) is 0.147. The Morgan fingerprint density at radius 1 is 0.809 bits per heavy atom. The van der Waals surface area contributed by atoms with E-state index in [0.717, 1.165) is 44.3 Å². The van der Waals surface area contributed by atoms with Crippen LogP contribution in [0, 0.1) is 5.92 Å². The summed E-state index contributed by atoms with van der Waals surface area (Å²) in [7, 11) is 0. The minimum absolute atomic E-state index is 0.0768. The summed E-state index contributed by atoms with van der Waals surface area (Å²) in [6, 6.07) is 29.3. The molecule has 1 aliphatic rings. The Kier molecular flexibility index (Phi) is 11.4. The molecule has 7 nitrogen and oxygen atoms in total. The van der Waals surface area contributed by atoms with Crippen LogP contribution >= 0.6 is 0 Å². The maximum Gasteiger partial charge on any atom is 0.305 e. The number of aliphatic carboxylic acids is 1. The smallest absolute Gasteiger partial charge is 0.305 e.